The summed E-state index contributed by atoms with van der Waals surface area (Å²) in [5, 5.41) is 12.5. The van der Waals surface area contributed by atoms with Crippen LogP contribution in [0.4, 0.5) is 4.79 Å². The molecule has 2 aromatic rings. The largest absolute Gasteiger partial charge is 0.480 e. The van der Waals surface area contributed by atoms with Gasteiger partial charge in [0.25, 0.3) is 0 Å². The smallest absolute Gasteiger partial charge is 0.407 e. The molecule has 2 unspecified atom stereocenters. The predicted molar refractivity (Wildman–Crippen MR) is 131 cm³/mol. The Balaban J connectivity index is 1.18. The molecular weight excluding hydrogens is 444 g/mol. The van der Waals surface area contributed by atoms with Crippen molar-refractivity contribution in [1.29, 1.82) is 0 Å². The zero-order valence-corrected chi connectivity index (χ0v) is 19.8. The van der Waals surface area contributed by atoms with Crippen LogP contribution in [-0.4, -0.2) is 53.2 Å². The summed E-state index contributed by atoms with van der Waals surface area (Å²) in [6, 6.07) is 15.6. The Labute approximate surface area is 205 Å². The van der Waals surface area contributed by atoms with Crippen molar-refractivity contribution in [3.05, 3.63) is 59.7 Å². The molecule has 0 bridgehead atoms. The number of piperidine rings is 1. The molecule has 7 nitrogen and oxygen atoms in total. The number of nitrogens with one attached hydrogen (secondary N) is 1. The van der Waals surface area contributed by atoms with Gasteiger partial charge in [-0.2, -0.15) is 0 Å². The zero-order chi connectivity index (χ0) is 24.4. The van der Waals surface area contributed by atoms with E-state index in [4.69, 9.17) is 4.74 Å². The van der Waals surface area contributed by atoms with E-state index in [1.54, 1.807) is 0 Å². The molecule has 0 aromatic heterocycles. The fourth-order valence-corrected chi connectivity index (χ4v) is 6.09. The summed E-state index contributed by atoms with van der Waals surface area (Å²) in [7, 11) is 0. The third-order valence-electron chi connectivity index (χ3n) is 7.85. The summed E-state index contributed by atoms with van der Waals surface area (Å²) in [5.74, 6) is -1.05. The van der Waals surface area contributed by atoms with Crippen LogP contribution < -0.4 is 5.32 Å². The highest BCUT2D eigenvalue weighted by Crippen LogP contribution is 2.44. The average molecular weight is 477 g/mol. The van der Waals surface area contributed by atoms with Crippen molar-refractivity contribution in [2.24, 2.45) is 5.92 Å². The first-order valence-corrected chi connectivity index (χ1v) is 12.7. The number of amides is 2. The van der Waals surface area contributed by atoms with Crippen LogP contribution in [0, 0.1) is 5.92 Å². The first-order chi connectivity index (χ1) is 17.0. The number of carbonyl (C=O) groups excluding carboxylic acids is 2. The lowest BCUT2D eigenvalue weighted by molar-refractivity contribution is -0.152. The Morgan fingerprint density at radius 2 is 1.60 bits per heavy atom. The van der Waals surface area contributed by atoms with Crippen LogP contribution in [0.3, 0.4) is 0 Å². The summed E-state index contributed by atoms with van der Waals surface area (Å²) in [6.07, 6.45) is 4.53. The van der Waals surface area contributed by atoms with E-state index >= 15 is 0 Å². The highest BCUT2D eigenvalue weighted by atomic mass is 16.5. The molecule has 2 fully saturated rings. The van der Waals surface area contributed by atoms with Gasteiger partial charge in [0.2, 0.25) is 5.91 Å². The predicted octanol–water partition coefficient (Wildman–Crippen LogP) is 4.55. The number of rotatable bonds is 6. The van der Waals surface area contributed by atoms with Gasteiger partial charge in [-0.1, -0.05) is 55.0 Å². The number of hydrogen-bond acceptors (Lipinski definition) is 4. The van der Waals surface area contributed by atoms with Crippen LogP contribution in [0.5, 0.6) is 0 Å². The quantitative estimate of drug-likeness (QED) is 0.638. The number of alkyl carbamates (subject to hydrolysis) is 1. The van der Waals surface area contributed by atoms with E-state index in [1.165, 1.54) is 27.2 Å². The van der Waals surface area contributed by atoms with Crippen LogP contribution >= 0.6 is 0 Å². The number of carbonyl (C=O) groups is 3. The average Bonchev–Trinajstić information content (AvgIpc) is 3.44. The van der Waals surface area contributed by atoms with Crippen molar-refractivity contribution in [2.45, 2.75) is 62.9 Å². The van der Waals surface area contributed by atoms with Gasteiger partial charge in [0.15, 0.2) is 0 Å². The Morgan fingerprint density at radius 1 is 0.914 bits per heavy atom. The van der Waals surface area contributed by atoms with Gasteiger partial charge in [-0.25, -0.2) is 9.59 Å². The van der Waals surface area contributed by atoms with Gasteiger partial charge in [-0.3, -0.25) is 4.79 Å². The van der Waals surface area contributed by atoms with Crippen molar-refractivity contribution in [3.8, 4) is 11.1 Å². The normalized spacial score (nSPS) is 23.4. The Hall–Kier alpha value is -3.35. The molecule has 2 amide bonds. The first kappa shape index (κ1) is 23.4. The number of hydrogen-bond donors (Lipinski definition) is 2. The number of ether oxygens (including phenoxy) is 1. The Morgan fingerprint density at radius 3 is 2.29 bits per heavy atom. The second-order valence-electron chi connectivity index (χ2n) is 9.91. The van der Waals surface area contributed by atoms with E-state index in [9.17, 15) is 19.5 Å². The molecule has 1 aliphatic heterocycles. The lowest BCUT2D eigenvalue weighted by atomic mass is 9.96. The number of nitrogens with zero attached hydrogens (tertiary/aromatic N) is 1. The summed E-state index contributed by atoms with van der Waals surface area (Å²) < 4.78 is 5.70. The van der Waals surface area contributed by atoms with Gasteiger partial charge in [0, 0.05) is 24.9 Å². The number of fused-ring (bicyclic) bond motifs is 3. The van der Waals surface area contributed by atoms with Crippen LogP contribution in [0.1, 0.15) is 62.0 Å². The van der Waals surface area contributed by atoms with Gasteiger partial charge >= 0.3 is 12.1 Å². The maximum absolute atomic E-state index is 13.0. The highest BCUT2D eigenvalue weighted by Gasteiger charge is 2.37. The molecule has 1 heterocycles. The van der Waals surface area contributed by atoms with Crippen molar-refractivity contribution >= 4 is 18.0 Å². The minimum Gasteiger partial charge on any atom is -0.480 e. The van der Waals surface area contributed by atoms with E-state index in [2.05, 4.69) is 29.6 Å². The van der Waals surface area contributed by atoms with E-state index in [1.807, 2.05) is 24.3 Å². The molecule has 5 rings (SSSR count). The molecule has 1 saturated heterocycles. The van der Waals surface area contributed by atoms with Crippen LogP contribution in [0.25, 0.3) is 11.1 Å². The van der Waals surface area contributed by atoms with Crippen molar-refractivity contribution in [2.75, 3.05) is 13.2 Å². The maximum atomic E-state index is 13.0. The zero-order valence-electron chi connectivity index (χ0n) is 19.8. The molecule has 35 heavy (non-hydrogen) atoms. The molecule has 2 aromatic carbocycles. The Kier molecular flexibility index (Phi) is 6.75. The van der Waals surface area contributed by atoms with Crippen molar-refractivity contribution in [1.82, 2.24) is 10.2 Å². The number of carboxylic acids is 1. The lowest BCUT2D eigenvalue weighted by Crippen LogP contribution is -2.49. The van der Waals surface area contributed by atoms with Gasteiger partial charge in [0.1, 0.15) is 12.6 Å². The third-order valence-corrected chi connectivity index (χ3v) is 7.85. The minimum absolute atomic E-state index is 0.000598. The van der Waals surface area contributed by atoms with Gasteiger partial charge in [-0.05, 0) is 60.3 Å². The molecule has 2 N–H and O–H groups in total. The van der Waals surface area contributed by atoms with Gasteiger partial charge in [-0.15, -0.1) is 0 Å². The standard InChI is InChI=1S/C28H32N2O5/c31-26(30-15-6-5-14-25(30)27(32)33)16-18-8-7-13-24(18)29-28(34)35-17-23-21-11-3-1-9-19(21)20-10-2-4-12-22(20)23/h1-4,9-12,18,23-25H,5-8,13-17H2,(H,29,34)(H,32,33)/t18?,24?,25-/m1/s1. The minimum atomic E-state index is -0.933. The fourth-order valence-electron chi connectivity index (χ4n) is 6.09. The first-order valence-electron chi connectivity index (χ1n) is 12.7. The molecule has 3 aliphatic rings. The molecule has 0 radical (unpaired) electrons. The summed E-state index contributed by atoms with van der Waals surface area (Å²) in [6.45, 7) is 0.747. The van der Waals surface area contributed by atoms with E-state index in [0.717, 1.165) is 32.1 Å². The summed E-state index contributed by atoms with van der Waals surface area (Å²) in [5.41, 5.74) is 4.70. The number of likely N-dealkylation sites (tertiary alicyclic amines) is 1. The summed E-state index contributed by atoms with van der Waals surface area (Å²) >= 11 is 0. The second-order valence-corrected chi connectivity index (χ2v) is 9.91. The molecule has 7 heteroatoms. The van der Waals surface area contributed by atoms with Crippen LogP contribution in [0.2, 0.25) is 0 Å². The topological polar surface area (TPSA) is 95.9 Å². The fraction of sp³-hybridized carbons (Fsp3) is 0.464. The van der Waals surface area contributed by atoms with Crippen LogP contribution in [-0.2, 0) is 14.3 Å². The Bertz CT molecular complexity index is 1070. The van der Waals surface area contributed by atoms with Crippen LogP contribution in [0.15, 0.2) is 48.5 Å². The number of aliphatic carboxylic acids is 1. The lowest BCUT2D eigenvalue weighted by Gasteiger charge is -2.34. The monoisotopic (exact) mass is 476 g/mol. The summed E-state index contributed by atoms with van der Waals surface area (Å²) in [4.78, 5) is 38.8. The highest BCUT2D eigenvalue weighted by molar-refractivity contribution is 5.84. The number of carboxylic acid groups (broad SMARTS) is 1. The van der Waals surface area contributed by atoms with E-state index < -0.39 is 18.1 Å². The molecular formula is C28H32N2O5. The van der Waals surface area contributed by atoms with Crippen molar-refractivity contribution < 1.29 is 24.2 Å². The molecule has 3 atom stereocenters. The van der Waals surface area contributed by atoms with Crippen molar-refractivity contribution in [3.63, 3.8) is 0 Å². The van der Waals surface area contributed by atoms with E-state index in [0.29, 0.717) is 13.0 Å². The SMILES string of the molecule is O=C(NC1CCCC1CC(=O)N1CCCC[C@@H]1C(=O)O)OCC1c2ccccc2-c2ccccc21. The molecule has 184 valence electrons. The molecule has 1 saturated carbocycles. The maximum Gasteiger partial charge on any atom is 0.407 e. The van der Waals surface area contributed by atoms with Gasteiger partial charge in [0.05, 0.1) is 0 Å². The number of benzene rings is 2. The second kappa shape index (κ2) is 10.1. The molecule has 2 aliphatic carbocycles. The van der Waals surface area contributed by atoms with Gasteiger partial charge < -0.3 is 20.1 Å². The third kappa shape index (κ3) is 4.77. The van der Waals surface area contributed by atoms with E-state index in [-0.39, 0.29) is 36.8 Å². The molecule has 0 spiro atoms.